The van der Waals surface area contributed by atoms with Crippen molar-refractivity contribution >= 4 is 17.7 Å². The number of carbonyl (C=O) groups excluding carboxylic acids is 3. The lowest BCUT2D eigenvalue weighted by Crippen LogP contribution is -2.48. The topological polar surface area (TPSA) is 122 Å². The van der Waals surface area contributed by atoms with Crippen molar-refractivity contribution in [2.45, 2.75) is 90.0 Å². The van der Waals surface area contributed by atoms with E-state index in [1.165, 1.54) is 38.5 Å². The van der Waals surface area contributed by atoms with E-state index < -0.39 is 17.9 Å². The van der Waals surface area contributed by atoms with E-state index in [1.807, 2.05) is 0 Å². The maximum atomic E-state index is 12.0. The first-order valence-corrected chi connectivity index (χ1v) is 9.97. The van der Waals surface area contributed by atoms with E-state index in [2.05, 4.69) is 17.6 Å². The first-order valence-electron chi connectivity index (χ1n) is 9.97. The van der Waals surface area contributed by atoms with Crippen LogP contribution in [0.25, 0.3) is 0 Å². The lowest BCUT2D eigenvalue weighted by atomic mass is 10.1. The van der Waals surface area contributed by atoms with Crippen LogP contribution < -0.4 is 16.4 Å². The molecule has 0 saturated carbocycles. The highest BCUT2D eigenvalue weighted by molar-refractivity contribution is 5.91. The fourth-order valence-corrected chi connectivity index (χ4v) is 2.69. The monoisotopic (exact) mass is 371 g/mol. The molecule has 7 nitrogen and oxygen atoms in total. The summed E-state index contributed by atoms with van der Waals surface area (Å²) in [6, 6.07) is -0.947. The van der Waals surface area contributed by atoms with E-state index in [4.69, 9.17) is 10.8 Å². The summed E-state index contributed by atoms with van der Waals surface area (Å²) in [6.45, 7) is 2.46. The first kappa shape index (κ1) is 24.4. The maximum Gasteiger partial charge on any atom is 0.243 e. The molecule has 152 valence electrons. The summed E-state index contributed by atoms with van der Waals surface area (Å²) in [4.78, 5) is 35.1. The van der Waals surface area contributed by atoms with Gasteiger partial charge in [-0.25, -0.2) is 0 Å². The van der Waals surface area contributed by atoms with Crippen LogP contribution >= 0.6 is 0 Å². The average Bonchev–Trinajstić information content (AvgIpc) is 2.59. The van der Waals surface area contributed by atoms with E-state index in [9.17, 15) is 14.4 Å². The largest absolute Gasteiger partial charge is 0.396 e. The quantitative estimate of drug-likeness (QED) is 0.291. The molecule has 0 spiro atoms. The maximum absolute atomic E-state index is 12.0. The van der Waals surface area contributed by atoms with Crippen molar-refractivity contribution in [3.63, 3.8) is 0 Å². The highest BCUT2D eigenvalue weighted by atomic mass is 16.3. The molecule has 0 aliphatic rings. The van der Waals surface area contributed by atoms with Crippen molar-refractivity contribution in [3.8, 4) is 0 Å². The van der Waals surface area contributed by atoms with Crippen LogP contribution in [-0.4, -0.2) is 42.0 Å². The molecular weight excluding hydrogens is 334 g/mol. The summed E-state index contributed by atoms with van der Waals surface area (Å²) in [5.41, 5.74) is 5.15. The Morgan fingerprint density at radius 2 is 1.50 bits per heavy atom. The number of rotatable bonds is 17. The minimum Gasteiger partial charge on any atom is -0.396 e. The molecule has 5 N–H and O–H groups in total. The number of primary amides is 1. The van der Waals surface area contributed by atoms with Gasteiger partial charge in [-0.05, 0) is 12.8 Å². The van der Waals surface area contributed by atoms with Crippen LogP contribution in [0.15, 0.2) is 0 Å². The molecule has 26 heavy (non-hydrogen) atoms. The summed E-state index contributed by atoms with van der Waals surface area (Å²) < 4.78 is 0. The van der Waals surface area contributed by atoms with Gasteiger partial charge >= 0.3 is 0 Å². The predicted molar refractivity (Wildman–Crippen MR) is 102 cm³/mol. The second kappa shape index (κ2) is 16.8. The fraction of sp³-hybridized carbons (Fsp3) is 0.842. The van der Waals surface area contributed by atoms with Gasteiger partial charge in [0, 0.05) is 19.6 Å². The molecule has 0 heterocycles. The Kier molecular flexibility index (Phi) is 15.8. The molecule has 0 rings (SSSR count). The Labute approximate surface area is 157 Å². The predicted octanol–water partition coefficient (Wildman–Crippen LogP) is 1.77. The van der Waals surface area contributed by atoms with Gasteiger partial charge in [0.1, 0.15) is 6.04 Å². The van der Waals surface area contributed by atoms with Gasteiger partial charge in [0.15, 0.2) is 0 Å². The molecule has 1 unspecified atom stereocenters. The van der Waals surface area contributed by atoms with Crippen LogP contribution in [0.1, 0.15) is 84.0 Å². The number of nitrogens with one attached hydrogen (secondary N) is 2. The zero-order valence-corrected chi connectivity index (χ0v) is 16.2. The summed E-state index contributed by atoms with van der Waals surface area (Å²) in [6.07, 6.45) is 11.0. The van der Waals surface area contributed by atoms with E-state index in [0.29, 0.717) is 19.4 Å². The number of hydrogen-bond donors (Lipinski definition) is 4. The third-order valence-corrected chi connectivity index (χ3v) is 4.20. The number of amides is 3. The number of hydrogen-bond acceptors (Lipinski definition) is 4. The van der Waals surface area contributed by atoms with Gasteiger partial charge in [-0.3, -0.25) is 14.4 Å². The van der Waals surface area contributed by atoms with E-state index in [-0.39, 0.29) is 18.9 Å². The Morgan fingerprint density at radius 3 is 2.04 bits per heavy atom. The van der Waals surface area contributed by atoms with Crippen molar-refractivity contribution in [2.24, 2.45) is 5.73 Å². The number of unbranched alkanes of at least 4 members (excludes halogenated alkanes) is 8. The smallest absolute Gasteiger partial charge is 0.243 e. The fourth-order valence-electron chi connectivity index (χ4n) is 2.69. The lowest BCUT2D eigenvalue weighted by Gasteiger charge is -2.17. The van der Waals surface area contributed by atoms with Gasteiger partial charge in [0.25, 0.3) is 0 Å². The van der Waals surface area contributed by atoms with Gasteiger partial charge < -0.3 is 21.5 Å². The highest BCUT2D eigenvalue weighted by Gasteiger charge is 2.22. The molecule has 0 aliphatic heterocycles. The van der Waals surface area contributed by atoms with Gasteiger partial charge in [-0.15, -0.1) is 0 Å². The molecule has 0 aromatic carbocycles. The normalized spacial score (nSPS) is 11.8. The van der Waals surface area contributed by atoms with Crippen LogP contribution in [0.2, 0.25) is 0 Å². The first-order chi connectivity index (χ1) is 12.5. The van der Waals surface area contributed by atoms with Crippen LogP contribution in [0.4, 0.5) is 0 Å². The molecule has 0 aliphatic carbocycles. The van der Waals surface area contributed by atoms with E-state index in [0.717, 1.165) is 19.3 Å². The zero-order valence-electron chi connectivity index (χ0n) is 16.2. The van der Waals surface area contributed by atoms with Crippen LogP contribution in [0.5, 0.6) is 0 Å². The van der Waals surface area contributed by atoms with Crippen molar-refractivity contribution in [1.82, 2.24) is 10.6 Å². The van der Waals surface area contributed by atoms with Gasteiger partial charge in [-0.1, -0.05) is 58.3 Å². The zero-order chi connectivity index (χ0) is 19.6. The number of aliphatic hydroxyl groups excluding tert-OH is 1. The minimum absolute atomic E-state index is 0.0360. The van der Waals surface area contributed by atoms with E-state index >= 15 is 0 Å². The van der Waals surface area contributed by atoms with Crippen LogP contribution in [0.3, 0.4) is 0 Å². The SMILES string of the molecule is CCCCCCCCCCCC(=O)NC(CC(N)=O)C(=O)NCCCO. The van der Waals surface area contributed by atoms with Gasteiger partial charge in [0.2, 0.25) is 17.7 Å². The number of nitrogens with two attached hydrogens (primary N) is 1. The molecule has 7 heteroatoms. The highest BCUT2D eigenvalue weighted by Crippen LogP contribution is 2.10. The van der Waals surface area contributed by atoms with Crippen molar-refractivity contribution in [2.75, 3.05) is 13.2 Å². The van der Waals surface area contributed by atoms with Crippen molar-refractivity contribution in [3.05, 3.63) is 0 Å². The lowest BCUT2D eigenvalue weighted by molar-refractivity contribution is -0.131. The molecule has 0 saturated heterocycles. The van der Waals surface area contributed by atoms with Crippen molar-refractivity contribution < 1.29 is 19.5 Å². The van der Waals surface area contributed by atoms with Gasteiger partial charge in [0.05, 0.1) is 6.42 Å². The molecule has 0 radical (unpaired) electrons. The Bertz CT molecular complexity index is 402. The van der Waals surface area contributed by atoms with Crippen LogP contribution in [-0.2, 0) is 14.4 Å². The molecule has 0 aromatic heterocycles. The molecular formula is C19H37N3O4. The van der Waals surface area contributed by atoms with Crippen LogP contribution in [0, 0.1) is 0 Å². The third kappa shape index (κ3) is 14.7. The number of aliphatic hydroxyl groups is 1. The summed E-state index contributed by atoms with van der Waals surface area (Å²) >= 11 is 0. The molecule has 3 amide bonds. The van der Waals surface area contributed by atoms with E-state index in [1.54, 1.807) is 0 Å². The number of carbonyl (C=O) groups is 3. The van der Waals surface area contributed by atoms with Crippen molar-refractivity contribution in [1.29, 1.82) is 0 Å². The van der Waals surface area contributed by atoms with Gasteiger partial charge in [-0.2, -0.15) is 0 Å². The Morgan fingerprint density at radius 1 is 0.923 bits per heavy atom. The summed E-state index contributed by atoms with van der Waals surface area (Å²) in [5, 5.41) is 13.9. The summed E-state index contributed by atoms with van der Waals surface area (Å²) in [5.74, 6) is -1.33. The average molecular weight is 372 g/mol. The standard InChI is InChI=1S/C19H37N3O4/c1-2-3-4-5-6-7-8-9-10-12-18(25)22-16(15-17(20)24)19(26)21-13-11-14-23/h16,23H,2-15H2,1H3,(H2,20,24)(H,21,26)(H,22,25). The Hall–Kier alpha value is -1.63. The molecule has 0 aromatic rings. The minimum atomic E-state index is -0.947. The molecule has 0 bridgehead atoms. The third-order valence-electron chi connectivity index (χ3n) is 4.20. The Balaban J connectivity index is 3.94. The second-order valence-electron chi connectivity index (χ2n) is 6.74. The summed E-state index contributed by atoms with van der Waals surface area (Å²) in [7, 11) is 0. The molecule has 0 fully saturated rings. The second-order valence-corrected chi connectivity index (χ2v) is 6.74. The molecule has 1 atom stereocenters.